The molecule has 138 valence electrons. The molecule has 0 aliphatic carbocycles. The van der Waals surface area contributed by atoms with Crippen LogP contribution in [0.15, 0.2) is 36.5 Å². The summed E-state index contributed by atoms with van der Waals surface area (Å²) in [5.41, 5.74) is 1.10. The summed E-state index contributed by atoms with van der Waals surface area (Å²) >= 11 is 0. The van der Waals surface area contributed by atoms with Gasteiger partial charge in [-0.25, -0.2) is 9.59 Å². The molecule has 1 aromatic carbocycles. The number of carbonyl (C=O) groups is 2. The summed E-state index contributed by atoms with van der Waals surface area (Å²) in [5.74, 6) is -0.528. The highest BCUT2D eigenvalue weighted by molar-refractivity contribution is 5.86. The Morgan fingerprint density at radius 1 is 1.23 bits per heavy atom. The van der Waals surface area contributed by atoms with E-state index in [4.69, 9.17) is 4.74 Å². The van der Waals surface area contributed by atoms with Crippen LogP contribution in [0, 0.1) is 0 Å². The van der Waals surface area contributed by atoms with Crippen LogP contribution in [0.4, 0.5) is 4.79 Å². The molecular formula is C18H22N4O4. The van der Waals surface area contributed by atoms with Gasteiger partial charge in [0.05, 0.1) is 19.3 Å². The number of aromatic nitrogens is 3. The summed E-state index contributed by atoms with van der Waals surface area (Å²) in [6, 6.07) is 9.53. The first-order chi connectivity index (χ1) is 12.6. The van der Waals surface area contributed by atoms with Crippen LogP contribution in [-0.2, 0) is 16.1 Å². The van der Waals surface area contributed by atoms with Gasteiger partial charge in [-0.2, -0.15) is 9.90 Å². The standard InChI is InChI=1S/C18H22N4O4/c1-13-8-9-15(22-19-10-16(20-22)17(23)25-2)11-21(13)18(24)26-12-14-6-4-3-5-7-14/h3-7,10,13,15H,8-9,11-12H2,1-2H3/t13-,15-/m1/s1. The summed E-state index contributed by atoms with van der Waals surface area (Å²) in [4.78, 5) is 27.2. The number of nitrogens with zero attached hydrogens (tertiary/aromatic N) is 4. The molecule has 26 heavy (non-hydrogen) atoms. The summed E-state index contributed by atoms with van der Waals surface area (Å²) in [5, 5.41) is 8.32. The van der Waals surface area contributed by atoms with Gasteiger partial charge >= 0.3 is 12.1 Å². The van der Waals surface area contributed by atoms with Gasteiger partial charge in [0.15, 0.2) is 5.69 Å². The maximum Gasteiger partial charge on any atom is 0.410 e. The van der Waals surface area contributed by atoms with E-state index in [-0.39, 0.29) is 30.5 Å². The van der Waals surface area contributed by atoms with E-state index in [1.165, 1.54) is 18.1 Å². The maximum atomic E-state index is 12.5. The molecule has 8 nitrogen and oxygen atoms in total. The second kappa shape index (κ2) is 7.99. The fourth-order valence-electron chi connectivity index (χ4n) is 2.98. The third-order valence-corrected chi connectivity index (χ3v) is 4.53. The van der Waals surface area contributed by atoms with Crippen molar-refractivity contribution in [2.75, 3.05) is 13.7 Å². The Labute approximate surface area is 151 Å². The lowest BCUT2D eigenvalue weighted by atomic mass is 10.0. The van der Waals surface area contributed by atoms with Crippen LogP contribution in [0.1, 0.15) is 41.9 Å². The first-order valence-corrected chi connectivity index (χ1v) is 8.56. The molecule has 0 saturated carbocycles. The monoisotopic (exact) mass is 358 g/mol. The van der Waals surface area contributed by atoms with Crippen LogP contribution in [0.5, 0.6) is 0 Å². The van der Waals surface area contributed by atoms with Crippen LogP contribution in [0.25, 0.3) is 0 Å². The van der Waals surface area contributed by atoms with Crippen molar-refractivity contribution >= 4 is 12.1 Å². The van der Waals surface area contributed by atoms with Gasteiger partial charge in [0.2, 0.25) is 0 Å². The first-order valence-electron chi connectivity index (χ1n) is 8.56. The number of benzene rings is 1. The van der Waals surface area contributed by atoms with E-state index in [2.05, 4.69) is 14.9 Å². The second-order valence-electron chi connectivity index (χ2n) is 6.31. The molecule has 2 atom stereocenters. The number of piperidine rings is 1. The summed E-state index contributed by atoms with van der Waals surface area (Å²) in [7, 11) is 1.30. The fourth-order valence-corrected chi connectivity index (χ4v) is 2.98. The second-order valence-corrected chi connectivity index (χ2v) is 6.31. The van der Waals surface area contributed by atoms with Gasteiger partial charge in [-0.1, -0.05) is 30.3 Å². The molecule has 0 N–H and O–H groups in total. The molecule has 0 spiro atoms. The van der Waals surface area contributed by atoms with E-state index in [0.29, 0.717) is 6.54 Å². The Balaban J connectivity index is 1.63. The molecule has 2 heterocycles. The Kier molecular flexibility index (Phi) is 5.50. The molecule has 1 aliphatic heterocycles. The number of rotatable bonds is 4. The number of methoxy groups -OCH3 is 1. The number of hydrogen-bond acceptors (Lipinski definition) is 6. The Hall–Kier alpha value is -2.90. The van der Waals surface area contributed by atoms with Crippen LogP contribution < -0.4 is 0 Å². The van der Waals surface area contributed by atoms with Gasteiger partial charge in [0.1, 0.15) is 6.61 Å². The lowest BCUT2D eigenvalue weighted by Crippen LogP contribution is -2.46. The molecule has 1 saturated heterocycles. The molecule has 1 amide bonds. The van der Waals surface area contributed by atoms with Gasteiger partial charge in [0, 0.05) is 12.6 Å². The van der Waals surface area contributed by atoms with Crippen molar-refractivity contribution in [3.63, 3.8) is 0 Å². The Bertz CT molecular complexity index is 762. The van der Waals surface area contributed by atoms with Crippen molar-refractivity contribution in [2.24, 2.45) is 0 Å². The minimum atomic E-state index is -0.528. The molecule has 0 bridgehead atoms. The van der Waals surface area contributed by atoms with Crippen molar-refractivity contribution in [2.45, 2.75) is 38.5 Å². The molecule has 0 radical (unpaired) electrons. The van der Waals surface area contributed by atoms with Gasteiger partial charge in [0.25, 0.3) is 0 Å². The van der Waals surface area contributed by atoms with E-state index in [0.717, 1.165) is 18.4 Å². The third-order valence-electron chi connectivity index (χ3n) is 4.53. The molecule has 1 aliphatic rings. The Morgan fingerprint density at radius 3 is 2.73 bits per heavy atom. The zero-order valence-electron chi connectivity index (χ0n) is 14.9. The number of ether oxygens (including phenoxy) is 2. The van der Waals surface area contributed by atoms with E-state index in [1.807, 2.05) is 37.3 Å². The normalized spacial score (nSPS) is 19.8. The van der Waals surface area contributed by atoms with E-state index in [1.54, 1.807) is 4.90 Å². The average molecular weight is 358 g/mol. The number of likely N-dealkylation sites (tertiary alicyclic amines) is 1. The quantitative estimate of drug-likeness (QED) is 0.780. The van der Waals surface area contributed by atoms with Crippen LogP contribution in [0.3, 0.4) is 0 Å². The minimum absolute atomic E-state index is 0.0742. The molecule has 0 unspecified atom stereocenters. The van der Waals surface area contributed by atoms with Crippen molar-refractivity contribution in [1.29, 1.82) is 0 Å². The van der Waals surface area contributed by atoms with E-state index in [9.17, 15) is 9.59 Å². The van der Waals surface area contributed by atoms with Crippen molar-refractivity contribution in [1.82, 2.24) is 19.9 Å². The zero-order valence-corrected chi connectivity index (χ0v) is 14.9. The molecule has 2 aromatic rings. The minimum Gasteiger partial charge on any atom is -0.464 e. The predicted octanol–water partition coefficient (Wildman–Crippen LogP) is 2.43. The average Bonchev–Trinajstić information content (AvgIpc) is 3.17. The van der Waals surface area contributed by atoms with Crippen molar-refractivity contribution in [3.05, 3.63) is 47.8 Å². The van der Waals surface area contributed by atoms with Crippen molar-refractivity contribution in [3.8, 4) is 0 Å². The van der Waals surface area contributed by atoms with Gasteiger partial charge in [-0.15, -0.1) is 5.10 Å². The predicted molar refractivity (Wildman–Crippen MR) is 92.4 cm³/mol. The van der Waals surface area contributed by atoms with Crippen LogP contribution in [0.2, 0.25) is 0 Å². The first kappa shape index (κ1) is 17.9. The maximum absolute atomic E-state index is 12.5. The van der Waals surface area contributed by atoms with Gasteiger partial charge in [-0.05, 0) is 25.3 Å². The topological polar surface area (TPSA) is 86.6 Å². The zero-order chi connectivity index (χ0) is 18.5. The number of amides is 1. The molecule has 1 aromatic heterocycles. The number of carbonyl (C=O) groups excluding carboxylic acids is 2. The fraction of sp³-hybridized carbons (Fsp3) is 0.444. The SMILES string of the molecule is COC(=O)c1cnn([C@@H]2CC[C@@H](C)N(C(=O)OCc3ccccc3)C2)n1. The highest BCUT2D eigenvalue weighted by Crippen LogP contribution is 2.25. The van der Waals surface area contributed by atoms with Gasteiger partial charge < -0.3 is 14.4 Å². The molecular weight excluding hydrogens is 336 g/mol. The lowest BCUT2D eigenvalue weighted by Gasteiger charge is -2.36. The lowest BCUT2D eigenvalue weighted by molar-refractivity contribution is 0.0548. The molecule has 1 fully saturated rings. The van der Waals surface area contributed by atoms with Gasteiger partial charge in [-0.3, -0.25) is 0 Å². The summed E-state index contributed by atoms with van der Waals surface area (Å²) in [6.45, 7) is 2.67. The largest absolute Gasteiger partial charge is 0.464 e. The van der Waals surface area contributed by atoms with Crippen LogP contribution >= 0.6 is 0 Å². The highest BCUT2D eigenvalue weighted by Gasteiger charge is 2.32. The number of hydrogen-bond donors (Lipinski definition) is 0. The summed E-state index contributed by atoms with van der Waals surface area (Å²) < 4.78 is 10.1. The van der Waals surface area contributed by atoms with Crippen LogP contribution in [-0.4, -0.2) is 51.7 Å². The highest BCUT2D eigenvalue weighted by atomic mass is 16.6. The summed E-state index contributed by atoms with van der Waals surface area (Å²) in [6.07, 6.45) is 2.65. The van der Waals surface area contributed by atoms with Crippen molar-refractivity contribution < 1.29 is 19.1 Å². The van der Waals surface area contributed by atoms with E-state index >= 15 is 0 Å². The Morgan fingerprint density at radius 2 is 2.00 bits per heavy atom. The smallest absolute Gasteiger partial charge is 0.410 e. The van der Waals surface area contributed by atoms with E-state index < -0.39 is 5.97 Å². The molecule has 3 rings (SSSR count). The third kappa shape index (κ3) is 4.01. The number of esters is 1. The molecule has 8 heteroatoms.